The molecule has 1 aromatic heterocycles. The first kappa shape index (κ1) is 18.2. The van der Waals surface area contributed by atoms with Gasteiger partial charge < -0.3 is 14.6 Å². The molecule has 4 rings (SSSR count). The van der Waals surface area contributed by atoms with Crippen LogP contribution < -0.4 is 10.2 Å². The highest BCUT2D eigenvalue weighted by atomic mass is 16.5. The predicted molar refractivity (Wildman–Crippen MR) is 99.1 cm³/mol. The molecule has 0 aromatic carbocycles. The Labute approximate surface area is 159 Å². The molecule has 2 bridgehead atoms. The molecule has 4 heterocycles. The summed E-state index contributed by atoms with van der Waals surface area (Å²) in [4.78, 5) is 27.7. The lowest BCUT2D eigenvalue weighted by atomic mass is 9.76. The third kappa shape index (κ3) is 2.98. The molecule has 7 nitrogen and oxygen atoms in total. The first-order chi connectivity index (χ1) is 12.9. The van der Waals surface area contributed by atoms with Crippen LogP contribution in [-0.4, -0.2) is 41.3 Å². The van der Waals surface area contributed by atoms with Crippen molar-refractivity contribution in [2.75, 3.05) is 11.4 Å². The number of amides is 2. The standard InChI is InChI=1S/C20H27N3O4/c1-4-5-6-7-12(2)21-18(24)16-14-8-9-20(26-14)11-23(19(25)17(16)20)15-10-13(3)27-22-15/h8-10,12,14,16-17H,4-7,11H2,1-3H3,(H,21,24). The fourth-order valence-corrected chi connectivity index (χ4v) is 4.58. The summed E-state index contributed by atoms with van der Waals surface area (Å²) >= 11 is 0. The minimum absolute atomic E-state index is 0.0910. The van der Waals surface area contributed by atoms with Gasteiger partial charge in [-0.1, -0.05) is 43.5 Å². The van der Waals surface area contributed by atoms with Gasteiger partial charge in [0.05, 0.1) is 24.5 Å². The number of carbonyl (C=O) groups excluding carboxylic acids is 2. The molecule has 1 spiro atoms. The van der Waals surface area contributed by atoms with E-state index in [9.17, 15) is 9.59 Å². The van der Waals surface area contributed by atoms with Crippen molar-refractivity contribution in [1.82, 2.24) is 10.5 Å². The van der Waals surface area contributed by atoms with Gasteiger partial charge in [-0.2, -0.15) is 0 Å². The molecule has 7 heteroatoms. The zero-order chi connectivity index (χ0) is 19.2. The van der Waals surface area contributed by atoms with Crippen molar-refractivity contribution in [3.05, 3.63) is 24.0 Å². The molecule has 0 radical (unpaired) electrons. The molecule has 0 aliphatic carbocycles. The van der Waals surface area contributed by atoms with Crippen LogP contribution in [0.15, 0.2) is 22.7 Å². The molecule has 2 saturated heterocycles. The van der Waals surface area contributed by atoms with E-state index in [1.807, 2.05) is 19.1 Å². The molecule has 5 atom stereocenters. The Hall–Kier alpha value is -2.15. The molecule has 3 aliphatic heterocycles. The van der Waals surface area contributed by atoms with E-state index in [2.05, 4.69) is 17.4 Å². The summed E-state index contributed by atoms with van der Waals surface area (Å²) in [5, 5.41) is 7.06. The molecule has 146 valence electrons. The van der Waals surface area contributed by atoms with Crippen LogP contribution in [0.2, 0.25) is 0 Å². The number of hydrogen-bond donors (Lipinski definition) is 1. The Kier molecular flexibility index (Phi) is 4.58. The topological polar surface area (TPSA) is 84.7 Å². The number of anilines is 1. The van der Waals surface area contributed by atoms with Crippen LogP contribution in [0.3, 0.4) is 0 Å². The van der Waals surface area contributed by atoms with Gasteiger partial charge in [0.2, 0.25) is 11.8 Å². The lowest BCUT2D eigenvalue weighted by Crippen LogP contribution is -2.46. The van der Waals surface area contributed by atoms with Crippen LogP contribution in [0.4, 0.5) is 5.82 Å². The summed E-state index contributed by atoms with van der Waals surface area (Å²) in [6.07, 6.45) is 7.89. The third-order valence-corrected chi connectivity index (χ3v) is 5.92. The van der Waals surface area contributed by atoms with E-state index in [-0.39, 0.29) is 24.0 Å². The monoisotopic (exact) mass is 373 g/mol. The van der Waals surface area contributed by atoms with Crippen LogP contribution in [0, 0.1) is 18.8 Å². The lowest BCUT2D eigenvalue weighted by molar-refractivity contribution is -0.132. The highest BCUT2D eigenvalue weighted by molar-refractivity contribution is 6.02. The van der Waals surface area contributed by atoms with Crippen LogP contribution in [-0.2, 0) is 14.3 Å². The number of aromatic nitrogens is 1. The first-order valence-electron chi connectivity index (χ1n) is 9.87. The molecular formula is C20H27N3O4. The lowest BCUT2D eigenvalue weighted by Gasteiger charge is -2.25. The van der Waals surface area contributed by atoms with Crippen molar-refractivity contribution in [3.8, 4) is 0 Å². The summed E-state index contributed by atoms with van der Waals surface area (Å²) in [5.41, 5.74) is -0.734. The zero-order valence-electron chi connectivity index (χ0n) is 16.1. The number of hydrogen-bond acceptors (Lipinski definition) is 5. The Bertz CT molecular complexity index is 773. The van der Waals surface area contributed by atoms with Gasteiger partial charge in [-0.05, 0) is 20.3 Å². The van der Waals surface area contributed by atoms with Crippen molar-refractivity contribution in [2.24, 2.45) is 11.8 Å². The second-order valence-corrected chi connectivity index (χ2v) is 8.03. The predicted octanol–water partition coefficient (Wildman–Crippen LogP) is 2.35. The van der Waals surface area contributed by atoms with Gasteiger partial charge in [0.25, 0.3) is 0 Å². The molecule has 3 aliphatic rings. The van der Waals surface area contributed by atoms with E-state index >= 15 is 0 Å². The van der Waals surface area contributed by atoms with Crippen molar-refractivity contribution in [2.45, 2.75) is 64.2 Å². The number of fused-ring (bicyclic) bond motifs is 1. The molecule has 5 unspecified atom stereocenters. The van der Waals surface area contributed by atoms with E-state index < -0.39 is 17.4 Å². The SMILES string of the molecule is CCCCCC(C)NC(=O)C1C2C=CC3(CN(c4cc(C)on4)C(=O)C13)O2. The van der Waals surface area contributed by atoms with E-state index in [1.165, 1.54) is 0 Å². The Morgan fingerprint density at radius 2 is 2.30 bits per heavy atom. The van der Waals surface area contributed by atoms with Crippen LogP contribution >= 0.6 is 0 Å². The number of nitrogens with one attached hydrogen (secondary N) is 1. The van der Waals surface area contributed by atoms with Crippen LogP contribution in [0.25, 0.3) is 0 Å². The Balaban J connectivity index is 1.50. The quantitative estimate of drug-likeness (QED) is 0.586. The average molecular weight is 373 g/mol. The maximum atomic E-state index is 13.1. The second kappa shape index (κ2) is 6.78. The second-order valence-electron chi connectivity index (χ2n) is 8.03. The summed E-state index contributed by atoms with van der Waals surface area (Å²) < 4.78 is 11.2. The molecule has 0 saturated carbocycles. The maximum Gasteiger partial charge on any atom is 0.235 e. The van der Waals surface area contributed by atoms with Gasteiger partial charge in [-0.25, -0.2) is 0 Å². The molecule has 2 amide bonds. The average Bonchev–Trinajstić information content (AvgIpc) is 3.36. The summed E-state index contributed by atoms with van der Waals surface area (Å²) in [5.74, 6) is -0.0840. The fraction of sp³-hybridized carbons (Fsp3) is 0.650. The molecule has 27 heavy (non-hydrogen) atoms. The normalized spacial score (nSPS) is 32.2. The largest absolute Gasteiger partial charge is 0.360 e. The van der Waals surface area contributed by atoms with Gasteiger partial charge in [0.1, 0.15) is 11.4 Å². The van der Waals surface area contributed by atoms with E-state index in [0.717, 1.165) is 25.7 Å². The minimum Gasteiger partial charge on any atom is -0.360 e. The van der Waals surface area contributed by atoms with Gasteiger partial charge in [-0.15, -0.1) is 0 Å². The van der Waals surface area contributed by atoms with Gasteiger partial charge in [-0.3, -0.25) is 14.5 Å². The van der Waals surface area contributed by atoms with Gasteiger partial charge in [0.15, 0.2) is 5.82 Å². The van der Waals surface area contributed by atoms with Crippen molar-refractivity contribution >= 4 is 17.6 Å². The highest BCUT2D eigenvalue weighted by Crippen LogP contribution is 2.52. The molecule has 1 aromatic rings. The summed E-state index contributed by atoms with van der Waals surface area (Å²) in [6, 6.07) is 1.82. The smallest absolute Gasteiger partial charge is 0.235 e. The summed E-state index contributed by atoms with van der Waals surface area (Å²) in [7, 11) is 0. The number of ether oxygens (including phenoxy) is 1. The number of rotatable bonds is 7. The fourth-order valence-electron chi connectivity index (χ4n) is 4.58. The van der Waals surface area contributed by atoms with E-state index in [4.69, 9.17) is 9.26 Å². The highest BCUT2D eigenvalue weighted by Gasteiger charge is 2.67. The summed E-state index contributed by atoms with van der Waals surface area (Å²) in [6.45, 7) is 6.34. The zero-order valence-corrected chi connectivity index (χ0v) is 16.1. The molecule has 2 fully saturated rings. The number of carbonyl (C=O) groups is 2. The van der Waals surface area contributed by atoms with Crippen molar-refractivity contribution < 1.29 is 18.8 Å². The Morgan fingerprint density at radius 1 is 1.48 bits per heavy atom. The molecular weight excluding hydrogens is 346 g/mol. The first-order valence-corrected chi connectivity index (χ1v) is 9.87. The van der Waals surface area contributed by atoms with Gasteiger partial charge in [0, 0.05) is 12.1 Å². The van der Waals surface area contributed by atoms with E-state index in [1.54, 1.807) is 17.9 Å². The van der Waals surface area contributed by atoms with E-state index in [0.29, 0.717) is 18.1 Å². The Morgan fingerprint density at radius 3 is 3.00 bits per heavy atom. The number of aryl methyl sites for hydroxylation is 1. The number of unbranched alkanes of at least 4 members (excludes halogenated alkanes) is 2. The molecule has 1 N–H and O–H groups in total. The van der Waals surface area contributed by atoms with Crippen molar-refractivity contribution in [1.29, 1.82) is 0 Å². The third-order valence-electron chi connectivity index (χ3n) is 5.92. The van der Waals surface area contributed by atoms with Crippen LogP contribution in [0.5, 0.6) is 0 Å². The van der Waals surface area contributed by atoms with Crippen molar-refractivity contribution in [3.63, 3.8) is 0 Å². The number of nitrogens with zero attached hydrogens (tertiary/aromatic N) is 2. The minimum atomic E-state index is -0.734. The van der Waals surface area contributed by atoms with Crippen LogP contribution in [0.1, 0.15) is 45.3 Å². The maximum absolute atomic E-state index is 13.1. The van der Waals surface area contributed by atoms with Gasteiger partial charge >= 0.3 is 0 Å².